The van der Waals surface area contributed by atoms with Crippen molar-refractivity contribution in [2.75, 3.05) is 0 Å². The lowest BCUT2D eigenvalue weighted by atomic mass is 10.2. The molecule has 60 valence electrons. The van der Waals surface area contributed by atoms with Gasteiger partial charge in [0.1, 0.15) is 0 Å². The Balaban J connectivity index is 3.12. The van der Waals surface area contributed by atoms with Crippen LogP contribution in [-0.4, -0.2) is 4.98 Å². The van der Waals surface area contributed by atoms with Crippen LogP contribution in [0, 0.1) is 0 Å². The molecule has 0 atom stereocenters. The molecule has 0 saturated carbocycles. The molecule has 1 aromatic rings. The molecule has 0 spiro atoms. The fraction of sp³-hybridized carbons (Fsp3) is 0.375. The predicted molar refractivity (Wildman–Crippen MR) is 46.0 cm³/mol. The molecule has 0 saturated heterocycles. The Bertz CT molecular complexity index is 267. The van der Waals surface area contributed by atoms with Gasteiger partial charge in [0.2, 0.25) is 5.56 Å². The highest BCUT2D eigenvalue weighted by Crippen LogP contribution is 2.01. The van der Waals surface area contributed by atoms with Crippen molar-refractivity contribution in [1.82, 2.24) is 4.98 Å². The molecule has 0 aliphatic carbocycles. The van der Waals surface area contributed by atoms with E-state index in [2.05, 4.69) is 4.98 Å². The first-order valence-corrected chi connectivity index (χ1v) is 4.07. The fourth-order valence-corrected chi connectivity index (χ4v) is 1.08. The highest BCUT2D eigenvalue weighted by atomic mass is 35.5. The molecule has 0 aromatic carbocycles. The topological polar surface area (TPSA) is 32.9 Å². The van der Waals surface area contributed by atoms with Gasteiger partial charge in [-0.3, -0.25) is 4.79 Å². The SMILES string of the molecule is CCc1cc(CCl)[nH]c(=O)c1. The number of nitrogens with one attached hydrogen (secondary N) is 1. The number of H-pyrrole nitrogens is 1. The zero-order valence-corrected chi connectivity index (χ0v) is 7.11. The molecule has 0 aliphatic rings. The van der Waals surface area contributed by atoms with Gasteiger partial charge in [-0.2, -0.15) is 0 Å². The largest absolute Gasteiger partial charge is 0.325 e. The zero-order valence-electron chi connectivity index (χ0n) is 6.36. The molecule has 1 N–H and O–H groups in total. The van der Waals surface area contributed by atoms with E-state index in [1.165, 1.54) is 0 Å². The lowest BCUT2D eigenvalue weighted by Crippen LogP contribution is -2.07. The maximum atomic E-state index is 10.9. The number of rotatable bonds is 2. The maximum absolute atomic E-state index is 10.9. The number of halogens is 1. The van der Waals surface area contributed by atoms with Crippen molar-refractivity contribution >= 4 is 11.6 Å². The van der Waals surface area contributed by atoms with E-state index in [1.54, 1.807) is 6.07 Å². The minimum absolute atomic E-state index is 0.0694. The van der Waals surface area contributed by atoms with Crippen LogP contribution in [-0.2, 0) is 12.3 Å². The first-order chi connectivity index (χ1) is 5.26. The summed E-state index contributed by atoms with van der Waals surface area (Å²) >= 11 is 5.56. The minimum Gasteiger partial charge on any atom is -0.325 e. The highest BCUT2D eigenvalue weighted by molar-refractivity contribution is 6.16. The minimum atomic E-state index is -0.0694. The molecule has 1 heterocycles. The van der Waals surface area contributed by atoms with Crippen LogP contribution in [0.5, 0.6) is 0 Å². The standard InChI is InChI=1S/C8H10ClNO/c1-2-6-3-7(5-9)10-8(11)4-6/h3-4H,2,5H2,1H3,(H,10,11). The molecule has 0 aliphatic heterocycles. The van der Waals surface area contributed by atoms with Crippen LogP contribution < -0.4 is 5.56 Å². The van der Waals surface area contributed by atoms with Gasteiger partial charge in [0.15, 0.2) is 0 Å². The Morgan fingerprint density at radius 3 is 2.82 bits per heavy atom. The van der Waals surface area contributed by atoms with E-state index in [0.717, 1.165) is 17.7 Å². The number of aromatic amines is 1. The molecule has 0 fully saturated rings. The van der Waals surface area contributed by atoms with Crippen LogP contribution in [0.3, 0.4) is 0 Å². The Morgan fingerprint density at radius 2 is 2.27 bits per heavy atom. The van der Waals surface area contributed by atoms with Crippen molar-refractivity contribution in [2.45, 2.75) is 19.2 Å². The molecule has 1 rings (SSSR count). The second-order valence-electron chi connectivity index (χ2n) is 2.37. The van der Waals surface area contributed by atoms with Crippen LogP contribution in [0.25, 0.3) is 0 Å². The summed E-state index contributed by atoms with van der Waals surface area (Å²) in [7, 11) is 0. The molecule has 0 amide bonds. The van der Waals surface area contributed by atoms with Crippen molar-refractivity contribution in [3.63, 3.8) is 0 Å². The van der Waals surface area contributed by atoms with E-state index < -0.39 is 0 Å². The Hall–Kier alpha value is -0.760. The van der Waals surface area contributed by atoms with Crippen LogP contribution in [0.1, 0.15) is 18.2 Å². The van der Waals surface area contributed by atoms with E-state index in [-0.39, 0.29) is 5.56 Å². The van der Waals surface area contributed by atoms with Crippen LogP contribution >= 0.6 is 11.6 Å². The number of aryl methyl sites for hydroxylation is 1. The second kappa shape index (κ2) is 3.58. The van der Waals surface area contributed by atoms with E-state index in [4.69, 9.17) is 11.6 Å². The van der Waals surface area contributed by atoms with E-state index in [0.29, 0.717) is 5.88 Å². The maximum Gasteiger partial charge on any atom is 0.248 e. The Morgan fingerprint density at radius 1 is 1.55 bits per heavy atom. The summed E-state index contributed by atoms with van der Waals surface area (Å²) in [6, 6.07) is 3.50. The third kappa shape index (κ3) is 2.09. The molecule has 0 unspecified atom stereocenters. The Kier molecular flexibility index (Phi) is 2.71. The number of pyridine rings is 1. The lowest BCUT2D eigenvalue weighted by Gasteiger charge is -1.97. The first-order valence-electron chi connectivity index (χ1n) is 3.54. The molecular weight excluding hydrogens is 162 g/mol. The molecule has 2 nitrogen and oxygen atoms in total. The van der Waals surface area contributed by atoms with E-state index >= 15 is 0 Å². The molecule has 11 heavy (non-hydrogen) atoms. The van der Waals surface area contributed by atoms with Gasteiger partial charge in [-0.15, -0.1) is 11.6 Å². The van der Waals surface area contributed by atoms with Gasteiger partial charge in [-0.05, 0) is 18.1 Å². The van der Waals surface area contributed by atoms with Gasteiger partial charge in [0.25, 0.3) is 0 Å². The summed E-state index contributed by atoms with van der Waals surface area (Å²) < 4.78 is 0. The summed E-state index contributed by atoms with van der Waals surface area (Å²) in [5.74, 6) is 0.364. The summed E-state index contributed by atoms with van der Waals surface area (Å²) in [6.07, 6.45) is 0.869. The average molecular weight is 172 g/mol. The predicted octanol–water partition coefficient (Wildman–Crippen LogP) is 1.68. The van der Waals surface area contributed by atoms with Crippen LogP contribution in [0.15, 0.2) is 16.9 Å². The van der Waals surface area contributed by atoms with Crippen LogP contribution in [0.4, 0.5) is 0 Å². The fourth-order valence-electron chi connectivity index (χ4n) is 0.940. The molecule has 0 bridgehead atoms. The lowest BCUT2D eigenvalue weighted by molar-refractivity contribution is 1.05. The van der Waals surface area contributed by atoms with Gasteiger partial charge >= 0.3 is 0 Å². The average Bonchev–Trinajstić information content (AvgIpc) is 2.03. The number of alkyl halides is 1. The molecule has 3 heteroatoms. The van der Waals surface area contributed by atoms with Crippen molar-refractivity contribution in [1.29, 1.82) is 0 Å². The summed E-state index contributed by atoms with van der Waals surface area (Å²) in [6.45, 7) is 2.01. The van der Waals surface area contributed by atoms with Crippen molar-refractivity contribution in [2.24, 2.45) is 0 Å². The van der Waals surface area contributed by atoms with Crippen molar-refractivity contribution in [3.8, 4) is 0 Å². The number of aromatic nitrogens is 1. The molecular formula is C8H10ClNO. The first kappa shape index (κ1) is 8.34. The van der Waals surface area contributed by atoms with Crippen LogP contribution in [0.2, 0.25) is 0 Å². The molecule has 1 aromatic heterocycles. The molecule has 0 radical (unpaired) electrons. The summed E-state index contributed by atoms with van der Waals surface area (Å²) in [4.78, 5) is 13.6. The number of hydrogen-bond donors (Lipinski definition) is 1. The second-order valence-corrected chi connectivity index (χ2v) is 2.63. The smallest absolute Gasteiger partial charge is 0.248 e. The van der Waals surface area contributed by atoms with Crippen molar-refractivity contribution in [3.05, 3.63) is 33.7 Å². The van der Waals surface area contributed by atoms with Gasteiger partial charge < -0.3 is 4.98 Å². The van der Waals surface area contributed by atoms with E-state index in [9.17, 15) is 4.79 Å². The van der Waals surface area contributed by atoms with Gasteiger partial charge in [-0.25, -0.2) is 0 Å². The number of hydrogen-bond acceptors (Lipinski definition) is 1. The quantitative estimate of drug-likeness (QED) is 0.675. The third-order valence-corrected chi connectivity index (χ3v) is 1.80. The third-order valence-electron chi connectivity index (χ3n) is 1.51. The Labute approximate surface area is 70.2 Å². The van der Waals surface area contributed by atoms with Gasteiger partial charge in [-0.1, -0.05) is 6.92 Å². The summed E-state index contributed by atoms with van der Waals surface area (Å²) in [5.41, 5.74) is 1.75. The van der Waals surface area contributed by atoms with Gasteiger partial charge in [0, 0.05) is 11.8 Å². The summed E-state index contributed by atoms with van der Waals surface area (Å²) in [5, 5.41) is 0. The normalized spacial score (nSPS) is 10.0. The van der Waals surface area contributed by atoms with Gasteiger partial charge in [0.05, 0.1) is 5.88 Å². The van der Waals surface area contributed by atoms with Crippen molar-refractivity contribution < 1.29 is 0 Å². The van der Waals surface area contributed by atoms with E-state index in [1.807, 2.05) is 13.0 Å². The monoisotopic (exact) mass is 171 g/mol. The highest BCUT2D eigenvalue weighted by Gasteiger charge is 1.95. The zero-order chi connectivity index (χ0) is 8.27.